The Balaban J connectivity index is 1.84. The van der Waals surface area contributed by atoms with Crippen molar-refractivity contribution in [2.24, 2.45) is 0 Å². The molecule has 6 nitrogen and oxygen atoms in total. The summed E-state index contributed by atoms with van der Waals surface area (Å²) in [4.78, 5) is 21.6. The molecule has 26 heavy (non-hydrogen) atoms. The van der Waals surface area contributed by atoms with E-state index in [-0.39, 0.29) is 16.9 Å². The number of halogens is 3. The normalized spacial score (nSPS) is 11.5. The molecule has 0 radical (unpaired) electrons. The second-order valence-electron chi connectivity index (χ2n) is 5.36. The zero-order chi connectivity index (χ0) is 18.7. The number of aromatic nitrogens is 3. The molecule has 0 saturated carbocycles. The summed E-state index contributed by atoms with van der Waals surface area (Å²) in [6, 6.07) is 8.35. The van der Waals surface area contributed by atoms with Gasteiger partial charge in [0.1, 0.15) is 6.54 Å². The van der Waals surface area contributed by atoms with Crippen LogP contribution in [0.3, 0.4) is 0 Å². The van der Waals surface area contributed by atoms with Crippen molar-refractivity contribution in [1.82, 2.24) is 9.97 Å². The Morgan fingerprint density at radius 1 is 1.27 bits per heavy atom. The van der Waals surface area contributed by atoms with E-state index in [0.29, 0.717) is 22.3 Å². The van der Waals surface area contributed by atoms with Gasteiger partial charge in [0, 0.05) is 11.8 Å². The minimum Gasteiger partial charge on any atom is -0.336 e. The average Bonchev–Trinajstić information content (AvgIpc) is 3.07. The summed E-state index contributed by atoms with van der Waals surface area (Å²) >= 11 is 1.12. The zero-order valence-corrected chi connectivity index (χ0v) is 14.4. The van der Waals surface area contributed by atoms with Crippen LogP contribution < -0.4 is 15.6 Å². The number of carbonyl (C=O) groups is 1. The minimum absolute atomic E-state index is 0.0484. The summed E-state index contributed by atoms with van der Waals surface area (Å²) in [6.07, 6.45) is -1.04. The third-order valence-electron chi connectivity index (χ3n) is 3.50. The van der Waals surface area contributed by atoms with E-state index >= 15 is 0 Å². The highest BCUT2D eigenvalue weighted by Crippen LogP contribution is 2.22. The summed E-state index contributed by atoms with van der Waals surface area (Å²) in [5, 5.41) is 5.79. The second kappa shape index (κ2) is 7.24. The van der Waals surface area contributed by atoms with Crippen LogP contribution in [0.5, 0.6) is 0 Å². The van der Waals surface area contributed by atoms with Crippen LogP contribution in [0, 0.1) is 0 Å². The molecule has 3 aromatic rings. The van der Waals surface area contributed by atoms with Crippen LogP contribution in [0.15, 0.2) is 36.5 Å². The minimum atomic E-state index is -4.34. The maximum Gasteiger partial charge on any atom is 0.415 e. The number of anilines is 3. The predicted molar refractivity (Wildman–Crippen MR) is 94.8 cm³/mol. The number of thioether (sulfide) groups is 1. The van der Waals surface area contributed by atoms with Gasteiger partial charge in [-0.15, -0.1) is 0 Å². The molecule has 0 unspecified atom stereocenters. The van der Waals surface area contributed by atoms with Crippen molar-refractivity contribution in [3.05, 3.63) is 42.1 Å². The van der Waals surface area contributed by atoms with Gasteiger partial charge in [0.15, 0.2) is 0 Å². The number of nitrogens with zero attached hydrogens (tertiary/aromatic N) is 1. The van der Waals surface area contributed by atoms with Gasteiger partial charge in [-0.2, -0.15) is 13.2 Å². The molecule has 10 heteroatoms. The van der Waals surface area contributed by atoms with Crippen molar-refractivity contribution in [2.75, 3.05) is 23.4 Å². The molecule has 0 aliphatic heterocycles. The molecule has 1 aromatic carbocycles. The van der Waals surface area contributed by atoms with E-state index in [2.05, 4.69) is 25.6 Å². The van der Waals surface area contributed by atoms with Crippen LogP contribution in [0.2, 0.25) is 0 Å². The topological polar surface area (TPSA) is 84.0 Å². The zero-order valence-electron chi connectivity index (χ0n) is 13.6. The van der Waals surface area contributed by atoms with Gasteiger partial charge in [-0.25, -0.2) is 4.98 Å². The molecule has 0 saturated heterocycles. The van der Waals surface area contributed by atoms with Crippen LogP contribution in [-0.4, -0.2) is 34.1 Å². The van der Waals surface area contributed by atoms with Gasteiger partial charge in [-0.05, 0) is 36.6 Å². The molecule has 4 N–H and O–H groups in total. The third kappa shape index (κ3) is 4.26. The third-order valence-corrected chi connectivity index (χ3v) is 4.10. The fourth-order valence-corrected chi connectivity index (χ4v) is 2.68. The number of aromatic amines is 2. The summed E-state index contributed by atoms with van der Waals surface area (Å²) in [7, 11) is 0. The number of nitrogens with one attached hydrogen (secondary N) is 4. The molecular weight excluding hydrogens is 367 g/mol. The smallest absolute Gasteiger partial charge is 0.336 e. The molecule has 0 atom stereocenters. The largest absolute Gasteiger partial charge is 0.415 e. The van der Waals surface area contributed by atoms with E-state index in [9.17, 15) is 18.0 Å². The quantitative estimate of drug-likeness (QED) is 0.628. The molecule has 3 rings (SSSR count). The number of rotatable bonds is 5. The first-order chi connectivity index (χ1) is 12.4. The van der Waals surface area contributed by atoms with Gasteiger partial charge in [0.2, 0.25) is 16.6 Å². The lowest BCUT2D eigenvalue weighted by Gasteiger charge is -2.08. The van der Waals surface area contributed by atoms with Crippen LogP contribution in [0.25, 0.3) is 11.0 Å². The highest BCUT2D eigenvalue weighted by molar-refractivity contribution is 8.13. The Labute approximate surface area is 150 Å². The van der Waals surface area contributed by atoms with Gasteiger partial charge in [-0.3, -0.25) is 10.1 Å². The molecule has 2 heterocycles. The van der Waals surface area contributed by atoms with E-state index in [0.717, 1.165) is 11.8 Å². The molecule has 2 aromatic heterocycles. The van der Waals surface area contributed by atoms with Crippen LogP contribution in [0.1, 0.15) is 10.4 Å². The summed E-state index contributed by atoms with van der Waals surface area (Å²) in [6.45, 7) is -1.17. The van der Waals surface area contributed by atoms with Gasteiger partial charge < -0.3 is 10.3 Å². The molecule has 0 fully saturated rings. The van der Waals surface area contributed by atoms with Crippen molar-refractivity contribution in [3.63, 3.8) is 0 Å². The van der Waals surface area contributed by atoms with E-state index < -0.39 is 12.7 Å². The summed E-state index contributed by atoms with van der Waals surface area (Å²) < 4.78 is 37.5. The van der Waals surface area contributed by atoms with Crippen LogP contribution in [-0.2, 0) is 0 Å². The molecule has 136 valence electrons. The Morgan fingerprint density at radius 3 is 2.65 bits per heavy atom. The van der Waals surface area contributed by atoms with E-state index in [4.69, 9.17) is 0 Å². The highest BCUT2D eigenvalue weighted by atomic mass is 32.2. The first-order valence-corrected chi connectivity index (χ1v) is 8.74. The maximum atomic E-state index is 12.5. The molecule has 0 amide bonds. The monoisotopic (exact) mass is 382 g/mol. The number of carbonyl (C=O) groups excluding carboxylic acids is 1. The molecular formula is C16H15F3N5OS+. The van der Waals surface area contributed by atoms with Crippen LogP contribution in [0.4, 0.5) is 30.6 Å². The lowest BCUT2D eigenvalue weighted by molar-refractivity contribution is -0.346. The van der Waals surface area contributed by atoms with Gasteiger partial charge >= 0.3 is 12.1 Å². The first-order valence-electron chi connectivity index (χ1n) is 7.52. The van der Waals surface area contributed by atoms with Crippen molar-refractivity contribution < 1.29 is 22.9 Å². The van der Waals surface area contributed by atoms with Crippen molar-refractivity contribution >= 4 is 45.4 Å². The standard InChI is InChI=1S/C16H14F3N5OS/c1-26-14(25)9-2-4-10(5-3-9)22-15-23-12-11(6-7-20-12)13(24-15)21-8-16(17,18)19/h2-7H,8H2,1H3,(H3,20,21,22,23,24)/p+1. The first kappa shape index (κ1) is 18.1. The molecule has 0 aliphatic carbocycles. The van der Waals surface area contributed by atoms with Crippen molar-refractivity contribution in [1.29, 1.82) is 0 Å². The lowest BCUT2D eigenvalue weighted by Crippen LogP contribution is -2.26. The SMILES string of the molecule is CSC(=O)c1ccc(Nc2nc3[nH]ccc3c(NCC(F)(F)F)[nH+]2)cc1. The maximum absolute atomic E-state index is 12.5. The molecule has 0 bridgehead atoms. The lowest BCUT2D eigenvalue weighted by atomic mass is 10.2. The fraction of sp³-hybridized carbons (Fsp3) is 0.188. The van der Waals surface area contributed by atoms with Gasteiger partial charge in [-0.1, -0.05) is 16.7 Å². The number of benzene rings is 1. The number of hydrogen-bond acceptors (Lipinski definition) is 5. The number of H-pyrrole nitrogens is 2. The Morgan fingerprint density at radius 2 is 2.00 bits per heavy atom. The Bertz CT molecular complexity index is 924. The highest BCUT2D eigenvalue weighted by Gasteiger charge is 2.29. The molecule has 0 aliphatic rings. The van der Waals surface area contributed by atoms with Crippen molar-refractivity contribution in [3.8, 4) is 0 Å². The Kier molecular flexibility index (Phi) is 5.03. The van der Waals surface area contributed by atoms with Gasteiger partial charge in [0.05, 0.1) is 11.1 Å². The second-order valence-corrected chi connectivity index (χ2v) is 6.14. The number of alkyl halides is 3. The van der Waals surface area contributed by atoms with Crippen molar-refractivity contribution in [2.45, 2.75) is 6.18 Å². The van der Waals surface area contributed by atoms with Gasteiger partial charge in [0.25, 0.3) is 0 Å². The van der Waals surface area contributed by atoms with E-state index in [1.807, 2.05) is 0 Å². The van der Waals surface area contributed by atoms with Crippen LogP contribution >= 0.6 is 11.8 Å². The summed E-state index contributed by atoms with van der Waals surface area (Å²) in [5.41, 5.74) is 1.64. The van der Waals surface area contributed by atoms with E-state index in [1.165, 1.54) is 0 Å². The number of fused-ring (bicyclic) bond motifs is 1. The van der Waals surface area contributed by atoms with E-state index in [1.54, 1.807) is 42.8 Å². The predicted octanol–water partition coefficient (Wildman–Crippen LogP) is 3.60. The average molecular weight is 382 g/mol. The fourth-order valence-electron chi connectivity index (χ4n) is 2.31. The Hall–Kier alpha value is -2.75. The summed E-state index contributed by atoms with van der Waals surface area (Å²) in [5.74, 6) is 0.457. The molecule has 0 spiro atoms. The number of hydrogen-bond donors (Lipinski definition) is 3.